The maximum absolute atomic E-state index is 11.0. The zero-order chi connectivity index (χ0) is 11.6. The zero-order valence-corrected chi connectivity index (χ0v) is 7.90. The fourth-order valence-corrected chi connectivity index (χ4v) is 1.31. The highest BCUT2D eigenvalue weighted by Crippen LogP contribution is 2.22. The van der Waals surface area contributed by atoms with Gasteiger partial charge in [0.05, 0.1) is 12.2 Å². The molecule has 0 spiro atoms. The molecule has 1 rings (SSSR count). The second-order valence-electron chi connectivity index (χ2n) is 3.40. The molecule has 1 atom stereocenters. The quantitative estimate of drug-likeness (QED) is 0.545. The summed E-state index contributed by atoms with van der Waals surface area (Å²) >= 11 is 0. The number of aliphatic carboxylic acids is 1. The molecule has 1 aliphatic carbocycles. The molecule has 0 aromatic heterocycles. The first-order valence-electron chi connectivity index (χ1n) is 4.36. The van der Waals surface area contributed by atoms with Gasteiger partial charge in [-0.05, 0) is 12.0 Å². The van der Waals surface area contributed by atoms with Crippen molar-refractivity contribution >= 4 is 17.5 Å². The largest absolute Gasteiger partial charge is 0.512 e. The predicted octanol–water partition coefficient (Wildman–Crippen LogP) is -0.467. The lowest BCUT2D eigenvalue weighted by Gasteiger charge is -2.16. The van der Waals surface area contributed by atoms with Gasteiger partial charge < -0.3 is 15.9 Å². The van der Waals surface area contributed by atoms with E-state index < -0.39 is 23.6 Å². The van der Waals surface area contributed by atoms with Crippen LogP contribution in [-0.2, 0) is 14.4 Å². The number of carbonyl (C=O) groups excluding carboxylic acids is 2. The lowest BCUT2D eigenvalue weighted by Crippen LogP contribution is -2.32. The number of aliphatic hydroxyl groups is 1. The SMILES string of the molecule is NC(CC1=C(O)CC(=O)C(=O)C1)C(=O)O. The Morgan fingerprint density at radius 3 is 2.40 bits per heavy atom. The number of rotatable bonds is 3. The van der Waals surface area contributed by atoms with Crippen molar-refractivity contribution in [2.24, 2.45) is 5.73 Å². The van der Waals surface area contributed by atoms with Gasteiger partial charge in [0.15, 0.2) is 0 Å². The monoisotopic (exact) mass is 213 g/mol. The van der Waals surface area contributed by atoms with Gasteiger partial charge in [-0.2, -0.15) is 0 Å². The Morgan fingerprint density at radius 1 is 1.33 bits per heavy atom. The van der Waals surface area contributed by atoms with Crippen LogP contribution in [-0.4, -0.2) is 33.8 Å². The fraction of sp³-hybridized carbons (Fsp3) is 0.444. The molecule has 0 saturated carbocycles. The van der Waals surface area contributed by atoms with E-state index >= 15 is 0 Å². The van der Waals surface area contributed by atoms with Crippen LogP contribution in [0.1, 0.15) is 19.3 Å². The van der Waals surface area contributed by atoms with Gasteiger partial charge in [0.25, 0.3) is 0 Å². The average Bonchev–Trinajstić information content (AvgIpc) is 2.13. The molecule has 1 aliphatic rings. The van der Waals surface area contributed by atoms with Gasteiger partial charge in [-0.25, -0.2) is 0 Å². The number of aliphatic hydroxyl groups excluding tert-OH is 1. The summed E-state index contributed by atoms with van der Waals surface area (Å²) in [5.41, 5.74) is 5.49. The van der Waals surface area contributed by atoms with Crippen LogP contribution in [0.5, 0.6) is 0 Å². The van der Waals surface area contributed by atoms with Crippen molar-refractivity contribution in [2.75, 3.05) is 0 Å². The van der Waals surface area contributed by atoms with E-state index in [1.807, 2.05) is 0 Å². The van der Waals surface area contributed by atoms with E-state index in [9.17, 15) is 19.5 Å². The minimum atomic E-state index is -1.21. The maximum Gasteiger partial charge on any atom is 0.320 e. The van der Waals surface area contributed by atoms with E-state index in [0.717, 1.165) is 0 Å². The van der Waals surface area contributed by atoms with Gasteiger partial charge in [-0.1, -0.05) is 0 Å². The first kappa shape index (κ1) is 11.4. The molecular weight excluding hydrogens is 202 g/mol. The highest BCUT2D eigenvalue weighted by molar-refractivity contribution is 6.38. The number of allylic oxidation sites excluding steroid dienone is 1. The highest BCUT2D eigenvalue weighted by atomic mass is 16.4. The van der Waals surface area contributed by atoms with Gasteiger partial charge in [0.1, 0.15) is 6.04 Å². The summed E-state index contributed by atoms with van der Waals surface area (Å²) in [4.78, 5) is 32.3. The molecule has 0 amide bonds. The smallest absolute Gasteiger partial charge is 0.320 e. The molecule has 0 aromatic rings. The molecule has 6 heteroatoms. The number of nitrogens with two attached hydrogens (primary N) is 1. The average molecular weight is 213 g/mol. The van der Waals surface area contributed by atoms with Gasteiger partial charge in [-0.15, -0.1) is 0 Å². The van der Waals surface area contributed by atoms with Crippen molar-refractivity contribution in [3.8, 4) is 0 Å². The van der Waals surface area contributed by atoms with Crippen LogP contribution < -0.4 is 5.73 Å². The van der Waals surface area contributed by atoms with Crippen LogP contribution in [0.15, 0.2) is 11.3 Å². The summed E-state index contributed by atoms with van der Waals surface area (Å²) in [6.45, 7) is 0. The third-order valence-electron chi connectivity index (χ3n) is 2.20. The standard InChI is InChI=1S/C9H11NO5/c10-5(9(14)15)1-4-2-7(12)8(13)3-6(4)11/h5,11H,1-3,10H2,(H,14,15). The first-order chi connectivity index (χ1) is 6.91. The first-order valence-corrected chi connectivity index (χ1v) is 4.36. The second-order valence-corrected chi connectivity index (χ2v) is 3.40. The lowest BCUT2D eigenvalue weighted by molar-refractivity contribution is -0.138. The number of hydrogen-bond acceptors (Lipinski definition) is 5. The van der Waals surface area contributed by atoms with Crippen molar-refractivity contribution in [3.63, 3.8) is 0 Å². The van der Waals surface area contributed by atoms with Crippen molar-refractivity contribution in [1.82, 2.24) is 0 Å². The topological polar surface area (TPSA) is 118 Å². The van der Waals surface area contributed by atoms with Crippen LogP contribution in [0, 0.1) is 0 Å². The van der Waals surface area contributed by atoms with Gasteiger partial charge >= 0.3 is 5.97 Å². The molecule has 0 fully saturated rings. The molecule has 0 aromatic carbocycles. The Labute approximate surface area is 85.4 Å². The van der Waals surface area contributed by atoms with E-state index in [1.54, 1.807) is 0 Å². The second kappa shape index (κ2) is 4.22. The summed E-state index contributed by atoms with van der Waals surface area (Å²) in [6.07, 6.45) is -0.688. The van der Waals surface area contributed by atoms with Crippen LogP contribution >= 0.6 is 0 Å². The fourth-order valence-electron chi connectivity index (χ4n) is 1.31. The summed E-state index contributed by atoms with van der Waals surface area (Å²) < 4.78 is 0. The molecule has 0 bridgehead atoms. The zero-order valence-electron chi connectivity index (χ0n) is 7.90. The Bertz CT molecular complexity index is 358. The van der Waals surface area contributed by atoms with E-state index in [4.69, 9.17) is 10.8 Å². The van der Waals surface area contributed by atoms with Crippen LogP contribution in [0.4, 0.5) is 0 Å². The molecule has 0 radical (unpaired) electrons. The Morgan fingerprint density at radius 2 is 1.87 bits per heavy atom. The number of hydrogen-bond donors (Lipinski definition) is 3. The summed E-state index contributed by atoms with van der Waals surface area (Å²) in [6, 6.07) is -1.16. The normalized spacial score (nSPS) is 19.3. The molecule has 15 heavy (non-hydrogen) atoms. The molecule has 82 valence electrons. The van der Waals surface area contributed by atoms with Crippen molar-refractivity contribution in [3.05, 3.63) is 11.3 Å². The molecule has 4 N–H and O–H groups in total. The minimum absolute atomic E-state index is 0.111. The Kier molecular flexibility index (Phi) is 3.21. The maximum atomic E-state index is 11.0. The molecule has 0 heterocycles. The summed E-state index contributed by atoms with van der Waals surface area (Å²) in [5, 5.41) is 17.9. The molecule has 1 unspecified atom stereocenters. The van der Waals surface area contributed by atoms with Gasteiger partial charge in [0, 0.05) is 6.42 Å². The van der Waals surface area contributed by atoms with E-state index in [-0.39, 0.29) is 30.6 Å². The molecule has 0 saturated heterocycles. The van der Waals surface area contributed by atoms with E-state index in [0.29, 0.717) is 0 Å². The highest BCUT2D eigenvalue weighted by Gasteiger charge is 2.27. The van der Waals surface area contributed by atoms with Gasteiger partial charge in [0.2, 0.25) is 11.6 Å². The van der Waals surface area contributed by atoms with Crippen LogP contribution in [0.25, 0.3) is 0 Å². The third kappa shape index (κ3) is 2.63. The van der Waals surface area contributed by atoms with Crippen molar-refractivity contribution < 1.29 is 24.6 Å². The Hall–Kier alpha value is -1.69. The summed E-state index contributed by atoms with van der Waals surface area (Å²) in [5.74, 6) is -2.70. The van der Waals surface area contributed by atoms with Crippen LogP contribution in [0.2, 0.25) is 0 Å². The predicted molar refractivity (Wildman–Crippen MR) is 49.1 cm³/mol. The molecular formula is C9H11NO5. The number of carboxylic acids is 1. The lowest BCUT2D eigenvalue weighted by atomic mass is 9.91. The van der Waals surface area contributed by atoms with Crippen molar-refractivity contribution in [2.45, 2.75) is 25.3 Å². The third-order valence-corrected chi connectivity index (χ3v) is 2.20. The molecule has 0 aliphatic heterocycles. The van der Waals surface area contributed by atoms with E-state index in [1.165, 1.54) is 0 Å². The number of ketones is 2. The van der Waals surface area contributed by atoms with Crippen LogP contribution in [0.3, 0.4) is 0 Å². The minimum Gasteiger partial charge on any atom is -0.512 e. The Balaban J connectivity index is 2.77. The molecule has 6 nitrogen and oxygen atoms in total. The number of Topliss-reactive ketones (excluding diaryl/α,β-unsaturated/α-hetero) is 2. The summed E-state index contributed by atoms with van der Waals surface area (Å²) in [7, 11) is 0. The van der Waals surface area contributed by atoms with Crippen molar-refractivity contribution in [1.29, 1.82) is 0 Å². The number of carboxylic acid groups (broad SMARTS) is 1. The van der Waals surface area contributed by atoms with Gasteiger partial charge in [-0.3, -0.25) is 14.4 Å². The number of carbonyl (C=O) groups is 3. The van der Waals surface area contributed by atoms with E-state index in [2.05, 4.69) is 0 Å².